The summed E-state index contributed by atoms with van der Waals surface area (Å²) in [7, 11) is -2.50. The molecule has 106 valence electrons. The zero-order valence-corrected chi connectivity index (χ0v) is 12.7. The lowest BCUT2D eigenvalue weighted by Crippen LogP contribution is -2.09. The summed E-state index contributed by atoms with van der Waals surface area (Å²) < 4.78 is 34.2. The molecule has 0 atom stereocenters. The molecule has 7 heteroatoms. The summed E-state index contributed by atoms with van der Waals surface area (Å²) in [6.45, 7) is 0. The fourth-order valence-electron chi connectivity index (χ4n) is 1.46. The monoisotopic (exact) mass is 332 g/mol. The van der Waals surface area contributed by atoms with Crippen LogP contribution in [0.25, 0.3) is 0 Å². The molecule has 0 radical (unpaired) electrons. The molecule has 20 heavy (non-hydrogen) atoms. The maximum absolute atomic E-state index is 12.1. The minimum absolute atomic E-state index is 0.0743. The molecule has 0 unspecified atom stereocenters. The van der Waals surface area contributed by atoms with E-state index in [1.54, 1.807) is 12.1 Å². The molecule has 0 aliphatic carbocycles. The van der Waals surface area contributed by atoms with Crippen LogP contribution in [0.1, 0.15) is 0 Å². The van der Waals surface area contributed by atoms with E-state index in [2.05, 4.69) is 0 Å². The molecule has 0 heterocycles. The van der Waals surface area contributed by atoms with E-state index in [1.807, 2.05) is 0 Å². The minimum Gasteiger partial charge on any atom is -0.497 e. The highest BCUT2D eigenvalue weighted by Crippen LogP contribution is 2.27. The Morgan fingerprint density at radius 2 is 1.65 bits per heavy atom. The topological polar surface area (TPSA) is 52.6 Å². The van der Waals surface area contributed by atoms with Gasteiger partial charge in [0.05, 0.1) is 17.2 Å². The van der Waals surface area contributed by atoms with Gasteiger partial charge in [0.2, 0.25) is 0 Å². The average molecular weight is 333 g/mol. The van der Waals surface area contributed by atoms with Crippen LogP contribution in [0.5, 0.6) is 11.5 Å². The maximum Gasteiger partial charge on any atom is 0.339 e. The van der Waals surface area contributed by atoms with Gasteiger partial charge in [0.1, 0.15) is 16.4 Å². The Morgan fingerprint density at radius 3 is 2.30 bits per heavy atom. The molecule has 0 aliphatic rings. The van der Waals surface area contributed by atoms with Gasteiger partial charge in [0, 0.05) is 6.07 Å². The van der Waals surface area contributed by atoms with E-state index in [1.165, 1.54) is 37.4 Å². The zero-order valence-electron chi connectivity index (χ0n) is 10.3. The van der Waals surface area contributed by atoms with E-state index in [-0.39, 0.29) is 20.7 Å². The van der Waals surface area contributed by atoms with Crippen LogP contribution in [-0.2, 0) is 10.1 Å². The van der Waals surface area contributed by atoms with Crippen molar-refractivity contribution in [2.75, 3.05) is 7.11 Å². The second-order valence-electron chi connectivity index (χ2n) is 3.79. The molecule has 0 saturated carbocycles. The van der Waals surface area contributed by atoms with Crippen molar-refractivity contribution in [3.8, 4) is 11.5 Å². The van der Waals surface area contributed by atoms with Gasteiger partial charge < -0.3 is 8.92 Å². The number of hydrogen-bond acceptors (Lipinski definition) is 4. The molecule has 0 amide bonds. The van der Waals surface area contributed by atoms with E-state index in [0.29, 0.717) is 5.75 Å². The first-order valence-electron chi connectivity index (χ1n) is 5.46. The molecule has 2 rings (SSSR count). The van der Waals surface area contributed by atoms with Gasteiger partial charge in [0.25, 0.3) is 0 Å². The SMILES string of the molecule is COc1cccc(OS(=O)(=O)c2ccc(Cl)c(Cl)c2)c1. The Morgan fingerprint density at radius 1 is 0.950 bits per heavy atom. The largest absolute Gasteiger partial charge is 0.497 e. The Kier molecular flexibility index (Phi) is 4.42. The van der Waals surface area contributed by atoms with Gasteiger partial charge in [-0.3, -0.25) is 0 Å². The molecule has 0 bridgehead atoms. The van der Waals surface area contributed by atoms with Crippen LogP contribution in [0, 0.1) is 0 Å². The Labute approximate surface area is 127 Å². The lowest BCUT2D eigenvalue weighted by Gasteiger charge is -2.08. The third-order valence-electron chi connectivity index (χ3n) is 2.43. The standard InChI is InChI=1S/C13H10Cl2O4S/c1-18-9-3-2-4-10(7-9)19-20(16,17)11-5-6-12(14)13(15)8-11/h2-8H,1H3. The van der Waals surface area contributed by atoms with Crippen molar-refractivity contribution in [2.45, 2.75) is 4.90 Å². The summed E-state index contributed by atoms with van der Waals surface area (Å²) in [4.78, 5) is -0.0743. The smallest absolute Gasteiger partial charge is 0.339 e. The predicted molar refractivity (Wildman–Crippen MR) is 77.3 cm³/mol. The van der Waals surface area contributed by atoms with Crippen molar-refractivity contribution >= 4 is 33.3 Å². The van der Waals surface area contributed by atoms with Gasteiger partial charge in [-0.2, -0.15) is 8.42 Å². The second kappa shape index (κ2) is 5.91. The highest BCUT2D eigenvalue weighted by molar-refractivity contribution is 7.87. The van der Waals surface area contributed by atoms with Gasteiger partial charge in [-0.25, -0.2) is 0 Å². The number of hydrogen-bond donors (Lipinski definition) is 0. The van der Waals surface area contributed by atoms with E-state index >= 15 is 0 Å². The fourth-order valence-corrected chi connectivity index (χ4v) is 2.77. The van der Waals surface area contributed by atoms with E-state index in [9.17, 15) is 8.42 Å². The van der Waals surface area contributed by atoms with Crippen molar-refractivity contribution in [3.63, 3.8) is 0 Å². The molecule has 0 aliphatic heterocycles. The van der Waals surface area contributed by atoms with Crippen LogP contribution in [-0.4, -0.2) is 15.5 Å². The summed E-state index contributed by atoms with van der Waals surface area (Å²) in [5.41, 5.74) is 0. The van der Waals surface area contributed by atoms with Crippen molar-refractivity contribution in [1.82, 2.24) is 0 Å². The van der Waals surface area contributed by atoms with Crippen molar-refractivity contribution in [3.05, 3.63) is 52.5 Å². The number of rotatable bonds is 4. The normalized spacial score (nSPS) is 11.2. The molecule has 0 N–H and O–H groups in total. The van der Waals surface area contributed by atoms with E-state index < -0.39 is 10.1 Å². The summed E-state index contributed by atoms with van der Waals surface area (Å²) in [5.74, 6) is 0.641. The summed E-state index contributed by atoms with van der Waals surface area (Å²) >= 11 is 11.5. The van der Waals surface area contributed by atoms with Crippen LogP contribution < -0.4 is 8.92 Å². The van der Waals surface area contributed by atoms with Crippen LogP contribution in [0.2, 0.25) is 10.0 Å². The van der Waals surface area contributed by atoms with Crippen LogP contribution in [0.15, 0.2) is 47.4 Å². The summed E-state index contributed by atoms with van der Waals surface area (Å²) in [6, 6.07) is 10.2. The maximum atomic E-state index is 12.1. The Bertz CT molecular complexity index is 729. The average Bonchev–Trinajstić information content (AvgIpc) is 2.41. The molecule has 0 saturated heterocycles. The van der Waals surface area contributed by atoms with Crippen molar-refractivity contribution in [1.29, 1.82) is 0 Å². The first-order chi connectivity index (χ1) is 9.42. The lowest BCUT2D eigenvalue weighted by atomic mass is 10.3. The molecule has 0 aromatic heterocycles. The summed E-state index contributed by atoms with van der Waals surface area (Å²) in [6.07, 6.45) is 0. The lowest BCUT2D eigenvalue weighted by molar-refractivity contribution is 0.411. The number of methoxy groups -OCH3 is 1. The van der Waals surface area contributed by atoms with Gasteiger partial charge in [-0.15, -0.1) is 0 Å². The molecule has 0 fully saturated rings. The quantitative estimate of drug-likeness (QED) is 0.799. The molecule has 4 nitrogen and oxygen atoms in total. The van der Waals surface area contributed by atoms with Crippen LogP contribution >= 0.6 is 23.2 Å². The number of benzene rings is 2. The van der Waals surface area contributed by atoms with Gasteiger partial charge >= 0.3 is 10.1 Å². The molecule has 2 aromatic carbocycles. The third kappa shape index (κ3) is 3.36. The van der Waals surface area contributed by atoms with Gasteiger partial charge in [-0.05, 0) is 30.3 Å². The fraction of sp³-hybridized carbons (Fsp3) is 0.0769. The van der Waals surface area contributed by atoms with Gasteiger partial charge in [-0.1, -0.05) is 29.3 Å². The third-order valence-corrected chi connectivity index (χ3v) is 4.41. The molecule has 2 aromatic rings. The first-order valence-corrected chi connectivity index (χ1v) is 7.62. The highest BCUT2D eigenvalue weighted by Gasteiger charge is 2.18. The van der Waals surface area contributed by atoms with Crippen LogP contribution in [0.3, 0.4) is 0 Å². The predicted octanol–water partition coefficient (Wildman–Crippen LogP) is 3.77. The number of halogens is 2. The molecule has 0 spiro atoms. The number of ether oxygens (including phenoxy) is 1. The molecular formula is C13H10Cl2O4S. The van der Waals surface area contributed by atoms with E-state index in [4.69, 9.17) is 32.1 Å². The van der Waals surface area contributed by atoms with Crippen molar-refractivity contribution in [2.24, 2.45) is 0 Å². The Balaban J connectivity index is 2.32. The highest BCUT2D eigenvalue weighted by atomic mass is 35.5. The minimum atomic E-state index is -3.98. The second-order valence-corrected chi connectivity index (χ2v) is 6.15. The summed E-state index contributed by atoms with van der Waals surface area (Å²) in [5, 5.41) is 0.411. The van der Waals surface area contributed by atoms with E-state index in [0.717, 1.165) is 0 Å². The Hall–Kier alpha value is -1.43. The van der Waals surface area contributed by atoms with Gasteiger partial charge in [0.15, 0.2) is 0 Å². The van der Waals surface area contributed by atoms with Crippen molar-refractivity contribution < 1.29 is 17.3 Å². The van der Waals surface area contributed by atoms with Crippen LogP contribution in [0.4, 0.5) is 0 Å². The molecular weight excluding hydrogens is 323 g/mol. The first kappa shape index (κ1) is 15.0. The zero-order chi connectivity index (χ0) is 14.8.